The van der Waals surface area contributed by atoms with E-state index in [-0.39, 0.29) is 23.6 Å². The molecule has 6 nitrogen and oxygen atoms in total. The normalized spacial score (nSPS) is 29.3. The van der Waals surface area contributed by atoms with Gasteiger partial charge in [0.05, 0.1) is 18.1 Å². The molecular weight excluding hydrogens is 268 g/mol. The van der Waals surface area contributed by atoms with Crippen molar-refractivity contribution in [2.75, 3.05) is 37.8 Å². The molecule has 0 unspecified atom stereocenters. The first-order chi connectivity index (χ1) is 9.00. The second-order valence-corrected chi connectivity index (χ2v) is 7.55. The fraction of sp³-hybridized carbons (Fsp3) is 0.917. The summed E-state index contributed by atoms with van der Waals surface area (Å²) in [4.78, 5) is 13.8. The average molecular weight is 290 g/mol. The number of hydrogen-bond acceptors (Lipinski definition) is 4. The van der Waals surface area contributed by atoms with Crippen LogP contribution in [0.2, 0.25) is 0 Å². The fourth-order valence-corrected chi connectivity index (χ4v) is 4.24. The lowest BCUT2D eigenvalue weighted by Gasteiger charge is -2.25. The molecule has 0 aromatic rings. The monoisotopic (exact) mass is 290 g/mol. The Bertz CT molecular complexity index is 417. The van der Waals surface area contributed by atoms with Crippen molar-refractivity contribution in [3.05, 3.63) is 0 Å². The van der Waals surface area contributed by atoms with Gasteiger partial charge >= 0.3 is 6.03 Å². The van der Waals surface area contributed by atoms with Crippen LogP contribution in [0.25, 0.3) is 0 Å². The van der Waals surface area contributed by atoms with Crippen molar-refractivity contribution in [3.63, 3.8) is 0 Å². The van der Waals surface area contributed by atoms with E-state index in [9.17, 15) is 13.2 Å². The lowest BCUT2D eigenvalue weighted by atomic mass is 10.1. The summed E-state index contributed by atoms with van der Waals surface area (Å²) < 4.78 is 28.0. The molecule has 0 radical (unpaired) electrons. The number of ether oxygens (including phenoxy) is 1. The molecule has 2 rings (SSSR count). The van der Waals surface area contributed by atoms with E-state index in [1.807, 2.05) is 6.92 Å². The van der Waals surface area contributed by atoms with Crippen molar-refractivity contribution in [1.29, 1.82) is 0 Å². The minimum absolute atomic E-state index is 0.0723. The number of carbonyl (C=O) groups excluding carboxylic acids is 1. The van der Waals surface area contributed by atoms with E-state index in [0.717, 1.165) is 13.0 Å². The molecule has 0 aromatic carbocycles. The van der Waals surface area contributed by atoms with Gasteiger partial charge in [-0.1, -0.05) is 0 Å². The molecule has 2 aliphatic heterocycles. The first kappa shape index (κ1) is 14.6. The summed E-state index contributed by atoms with van der Waals surface area (Å²) in [6.45, 7) is 4.72. The quantitative estimate of drug-likeness (QED) is 0.805. The summed E-state index contributed by atoms with van der Waals surface area (Å²) in [5.74, 6) is 0.654. The van der Waals surface area contributed by atoms with Crippen LogP contribution in [0.3, 0.4) is 0 Å². The zero-order valence-corrected chi connectivity index (χ0v) is 12.1. The second kappa shape index (κ2) is 6.09. The maximum absolute atomic E-state index is 12.1. The Morgan fingerprint density at radius 2 is 2.21 bits per heavy atom. The first-order valence-electron chi connectivity index (χ1n) is 6.84. The number of carbonyl (C=O) groups is 1. The van der Waals surface area contributed by atoms with Crippen LogP contribution in [0.5, 0.6) is 0 Å². The molecule has 2 atom stereocenters. The Kier molecular flexibility index (Phi) is 4.67. The Hall–Kier alpha value is -0.820. The topological polar surface area (TPSA) is 75.7 Å². The predicted octanol–water partition coefficient (Wildman–Crippen LogP) is 0.242. The van der Waals surface area contributed by atoms with Gasteiger partial charge in [0, 0.05) is 31.7 Å². The van der Waals surface area contributed by atoms with E-state index in [4.69, 9.17) is 4.74 Å². The Morgan fingerprint density at radius 1 is 1.42 bits per heavy atom. The number of nitrogens with one attached hydrogen (secondary N) is 1. The number of sulfone groups is 1. The van der Waals surface area contributed by atoms with Crippen LogP contribution in [0.1, 0.15) is 19.8 Å². The van der Waals surface area contributed by atoms with E-state index >= 15 is 0 Å². The molecule has 2 fully saturated rings. The molecule has 2 amide bonds. The highest BCUT2D eigenvalue weighted by Gasteiger charge is 2.30. The Labute approximate surface area is 114 Å². The summed E-state index contributed by atoms with van der Waals surface area (Å²) in [5, 5.41) is 2.83. The van der Waals surface area contributed by atoms with Crippen molar-refractivity contribution in [3.8, 4) is 0 Å². The lowest BCUT2D eigenvalue weighted by Crippen LogP contribution is -2.47. The van der Waals surface area contributed by atoms with Gasteiger partial charge in [-0.3, -0.25) is 0 Å². The van der Waals surface area contributed by atoms with Gasteiger partial charge in [-0.25, -0.2) is 13.2 Å². The molecule has 0 saturated carbocycles. The minimum Gasteiger partial charge on any atom is -0.381 e. The molecule has 0 aliphatic carbocycles. The standard InChI is InChI=1S/C12H22N2O4S/c1-2-14(7-10-3-5-18-8-10)12(15)13-11-4-6-19(16,17)9-11/h10-11H,2-9H2,1H3,(H,13,15)/t10-,11-/m0/s1. The fourth-order valence-electron chi connectivity index (χ4n) is 2.57. The van der Waals surface area contributed by atoms with Crippen molar-refractivity contribution in [2.24, 2.45) is 5.92 Å². The summed E-state index contributed by atoms with van der Waals surface area (Å²) in [6.07, 6.45) is 1.51. The SMILES string of the molecule is CCN(C[C@@H]1CCOC1)C(=O)N[C@H]1CCS(=O)(=O)C1. The van der Waals surface area contributed by atoms with Gasteiger partial charge in [-0.2, -0.15) is 0 Å². The molecule has 2 aliphatic rings. The molecule has 0 spiro atoms. The summed E-state index contributed by atoms with van der Waals surface area (Å²) >= 11 is 0. The summed E-state index contributed by atoms with van der Waals surface area (Å²) in [6, 6.07) is -0.386. The highest BCUT2D eigenvalue weighted by molar-refractivity contribution is 7.91. The molecule has 1 N–H and O–H groups in total. The maximum Gasteiger partial charge on any atom is 0.317 e. The summed E-state index contributed by atoms with van der Waals surface area (Å²) in [5.41, 5.74) is 0. The first-order valence-corrected chi connectivity index (χ1v) is 8.66. The van der Waals surface area contributed by atoms with Crippen molar-refractivity contribution in [1.82, 2.24) is 10.2 Å². The van der Waals surface area contributed by atoms with Crippen molar-refractivity contribution >= 4 is 15.9 Å². The molecular formula is C12H22N2O4S. The average Bonchev–Trinajstić information content (AvgIpc) is 2.95. The van der Waals surface area contributed by atoms with Gasteiger partial charge in [0.1, 0.15) is 0 Å². The van der Waals surface area contributed by atoms with Crippen molar-refractivity contribution < 1.29 is 17.9 Å². The molecule has 19 heavy (non-hydrogen) atoms. The zero-order valence-electron chi connectivity index (χ0n) is 11.3. The van der Waals surface area contributed by atoms with E-state index in [0.29, 0.717) is 32.0 Å². The van der Waals surface area contributed by atoms with Crippen LogP contribution >= 0.6 is 0 Å². The highest BCUT2D eigenvalue weighted by Crippen LogP contribution is 2.15. The zero-order chi connectivity index (χ0) is 13.9. The molecule has 110 valence electrons. The van der Waals surface area contributed by atoms with Crippen LogP contribution in [0, 0.1) is 5.92 Å². The highest BCUT2D eigenvalue weighted by atomic mass is 32.2. The second-order valence-electron chi connectivity index (χ2n) is 5.32. The Balaban J connectivity index is 1.83. The maximum atomic E-state index is 12.1. The minimum atomic E-state index is -2.95. The molecule has 7 heteroatoms. The van der Waals surface area contributed by atoms with Gasteiger partial charge in [-0.15, -0.1) is 0 Å². The third kappa shape index (κ3) is 4.07. The van der Waals surface area contributed by atoms with E-state index in [1.165, 1.54) is 0 Å². The molecule has 0 aromatic heterocycles. The number of nitrogens with zero attached hydrogens (tertiary/aromatic N) is 1. The predicted molar refractivity (Wildman–Crippen MR) is 71.8 cm³/mol. The van der Waals surface area contributed by atoms with Crippen LogP contribution in [0.15, 0.2) is 0 Å². The van der Waals surface area contributed by atoms with Gasteiger partial charge in [0.15, 0.2) is 9.84 Å². The third-order valence-corrected chi connectivity index (χ3v) is 5.50. The van der Waals surface area contributed by atoms with E-state index in [1.54, 1.807) is 4.90 Å². The van der Waals surface area contributed by atoms with Crippen LogP contribution in [0.4, 0.5) is 4.79 Å². The van der Waals surface area contributed by atoms with E-state index < -0.39 is 9.84 Å². The van der Waals surface area contributed by atoms with Crippen LogP contribution < -0.4 is 5.32 Å². The number of amides is 2. The Morgan fingerprint density at radius 3 is 2.74 bits per heavy atom. The molecule has 2 heterocycles. The summed E-state index contributed by atoms with van der Waals surface area (Å²) in [7, 11) is -2.95. The lowest BCUT2D eigenvalue weighted by molar-refractivity contribution is 0.165. The number of urea groups is 1. The number of hydrogen-bond donors (Lipinski definition) is 1. The van der Waals surface area contributed by atoms with Gasteiger partial charge in [0.2, 0.25) is 0 Å². The molecule has 0 bridgehead atoms. The molecule has 2 saturated heterocycles. The van der Waals surface area contributed by atoms with Crippen LogP contribution in [-0.4, -0.2) is 63.2 Å². The smallest absolute Gasteiger partial charge is 0.317 e. The van der Waals surface area contributed by atoms with Crippen molar-refractivity contribution in [2.45, 2.75) is 25.8 Å². The van der Waals surface area contributed by atoms with Crippen LogP contribution in [-0.2, 0) is 14.6 Å². The van der Waals surface area contributed by atoms with Gasteiger partial charge in [0.25, 0.3) is 0 Å². The number of rotatable bonds is 4. The van der Waals surface area contributed by atoms with Gasteiger partial charge in [-0.05, 0) is 19.8 Å². The third-order valence-electron chi connectivity index (χ3n) is 3.73. The van der Waals surface area contributed by atoms with Gasteiger partial charge < -0.3 is 15.0 Å². The van der Waals surface area contributed by atoms with E-state index in [2.05, 4.69) is 5.32 Å². The largest absolute Gasteiger partial charge is 0.381 e.